The van der Waals surface area contributed by atoms with Crippen molar-refractivity contribution in [1.29, 1.82) is 0 Å². The number of aliphatic hydroxyl groups is 11. The van der Waals surface area contributed by atoms with Gasteiger partial charge in [0.1, 0.15) is 73.2 Å². The number of rotatable bonds is 65. The van der Waals surface area contributed by atoms with Gasteiger partial charge in [0, 0.05) is 6.42 Å². The number of amides is 1. The maximum absolute atomic E-state index is 13.4. The van der Waals surface area contributed by atoms with E-state index in [4.69, 9.17) is 28.4 Å². The fourth-order valence-corrected chi connectivity index (χ4v) is 14.0. The molecular weight excluding hydrogens is 1250 g/mol. The van der Waals surface area contributed by atoms with E-state index in [9.17, 15) is 61.0 Å². The summed E-state index contributed by atoms with van der Waals surface area (Å²) in [5, 5.41) is 121. The lowest BCUT2D eigenvalue weighted by molar-refractivity contribution is -0.379. The smallest absolute Gasteiger partial charge is 0.220 e. The first kappa shape index (κ1) is 90.5. The molecule has 3 aliphatic heterocycles. The summed E-state index contributed by atoms with van der Waals surface area (Å²) in [4.78, 5) is 13.4. The Morgan fingerprint density at radius 2 is 0.653 bits per heavy atom. The molecule has 3 heterocycles. The van der Waals surface area contributed by atoms with Crippen molar-refractivity contribution in [3.8, 4) is 0 Å². The zero-order valence-electron chi connectivity index (χ0n) is 61.8. The maximum atomic E-state index is 13.4. The van der Waals surface area contributed by atoms with Crippen LogP contribution in [-0.4, -0.2) is 193 Å². The lowest BCUT2D eigenvalue weighted by Crippen LogP contribution is -2.66. The fourth-order valence-electron chi connectivity index (χ4n) is 14.0. The van der Waals surface area contributed by atoms with Crippen molar-refractivity contribution in [2.75, 3.05) is 26.4 Å². The molecule has 0 bridgehead atoms. The Hall–Kier alpha value is -1.73. The molecule has 3 saturated heterocycles. The molecule has 17 unspecified atom stereocenters. The Labute approximate surface area is 594 Å². The summed E-state index contributed by atoms with van der Waals surface area (Å²) >= 11 is 0. The van der Waals surface area contributed by atoms with E-state index in [2.05, 4.69) is 31.3 Å². The van der Waals surface area contributed by atoms with Gasteiger partial charge >= 0.3 is 0 Å². The van der Waals surface area contributed by atoms with E-state index < -0.39 is 124 Å². The minimum Gasteiger partial charge on any atom is -0.394 e. The molecule has 0 saturated carbocycles. The van der Waals surface area contributed by atoms with Gasteiger partial charge in [-0.25, -0.2) is 0 Å². The van der Waals surface area contributed by atoms with Gasteiger partial charge in [-0.1, -0.05) is 327 Å². The Bertz CT molecular complexity index is 1870. The van der Waals surface area contributed by atoms with Crippen molar-refractivity contribution in [1.82, 2.24) is 5.32 Å². The maximum Gasteiger partial charge on any atom is 0.220 e. The molecule has 3 aliphatic rings. The first-order chi connectivity index (χ1) is 47.8. The summed E-state index contributed by atoms with van der Waals surface area (Å²) in [6.45, 7) is 1.76. The number of ether oxygens (including phenoxy) is 6. The van der Waals surface area contributed by atoms with Crippen LogP contribution in [0.15, 0.2) is 24.3 Å². The number of hydrogen-bond acceptors (Lipinski definition) is 18. The highest BCUT2D eigenvalue weighted by atomic mass is 16.8. The Balaban J connectivity index is 1.32. The van der Waals surface area contributed by atoms with Crippen LogP contribution in [0.4, 0.5) is 0 Å². The minimum atomic E-state index is -1.98. The lowest BCUT2D eigenvalue weighted by Gasteiger charge is -2.48. The first-order valence-corrected chi connectivity index (χ1v) is 40.6. The molecule has 0 radical (unpaired) electrons. The standard InChI is InChI=1S/C79H149NO18/c1-3-5-7-9-11-13-15-17-19-21-22-23-24-25-26-27-28-29-30-31-32-33-34-35-36-37-38-39-41-43-45-47-49-51-53-55-57-67(85)80-62(63(84)56-54-52-50-48-46-44-42-40-20-18-16-14-12-10-8-6-4-2)61-93-77-73(91)70(88)75(65(59-82)95-77)98-79-74(92)71(89)76(66(60-83)96-79)97-78-72(90)69(87)68(86)64(58-81)94-78/h46,48,54,56,62-66,68-79,81-84,86-92H,3-45,47,49-53,55,57-61H2,1-2H3,(H,80,85)/b48-46+,56-54+. The van der Waals surface area contributed by atoms with Gasteiger partial charge < -0.3 is 89.9 Å². The van der Waals surface area contributed by atoms with Crippen molar-refractivity contribution in [3.63, 3.8) is 0 Å². The summed E-state index contributed by atoms with van der Waals surface area (Å²) in [6.07, 6.45) is 46.3. The van der Waals surface area contributed by atoms with Crippen LogP contribution in [0.1, 0.15) is 341 Å². The molecule has 0 aromatic carbocycles. The molecule has 0 aliphatic carbocycles. The number of carbonyl (C=O) groups excluding carboxylic acids is 1. The number of unbranched alkanes of at least 4 members (excludes halogenated alkanes) is 47. The quantitative estimate of drug-likeness (QED) is 0.0199. The summed E-state index contributed by atoms with van der Waals surface area (Å²) < 4.78 is 34.4. The molecular formula is C79H149NO18. The van der Waals surface area contributed by atoms with Gasteiger partial charge in [-0.15, -0.1) is 0 Å². The zero-order chi connectivity index (χ0) is 71.1. The molecule has 0 spiro atoms. The zero-order valence-corrected chi connectivity index (χ0v) is 61.8. The normalized spacial score (nSPS) is 26.8. The third-order valence-electron chi connectivity index (χ3n) is 20.5. The summed E-state index contributed by atoms with van der Waals surface area (Å²) in [7, 11) is 0. The van der Waals surface area contributed by atoms with Crippen molar-refractivity contribution < 1.29 is 89.4 Å². The second kappa shape index (κ2) is 60.5. The highest BCUT2D eigenvalue weighted by Crippen LogP contribution is 2.33. The van der Waals surface area contributed by atoms with Crippen LogP contribution in [-0.2, 0) is 33.2 Å². The predicted octanol–water partition coefficient (Wildman–Crippen LogP) is 13.3. The molecule has 3 rings (SSSR count). The Morgan fingerprint density at radius 1 is 0.357 bits per heavy atom. The van der Waals surface area contributed by atoms with Crippen molar-refractivity contribution in [2.45, 2.75) is 446 Å². The second-order valence-electron chi connectivity index (χ2n) is 29.2. The van der Waals surface area contributed by atoms with E-state index in [1.54, 1.807) is 6.08 Å². The second-order valence-corrected chi connectivity index (χ2v) is 29.2. The Morgan fingerprint density at radius 3 is 1.02 bits per heavy atom. The molecule has 3 fully saturated rings. The molecule has 19 heteroatoms. The van der Waals surface area contributed by atoms with Gasteiger partial charge in [0.25, 0.3) is 0 Å². The van der Waals surface area contributed by atoms with E-state index >= 15 is 0 Å². The number of allylic oxidation sites excluding steroid dienone is 3. The minimum absolute atomic E-state index is 0.241. The highest BCUT2D eigenvalue weighted by Gasteiger charge is 2.54. The van der Waals surface area contributed by atoms with Crippen molar-refractivity contribution in [2.24, 2.45) is 0 Å². The average Bonchev–Trinajstić information content (AvgIpc) is 0.784. The van der Waals surface area contributed by atoms with Gasteiger partial charge in [-0.2, -0.15) is 0 Å². The van der Waals surface area contributed by atoms with Gasteiger partial charge in [0.2, 0.25) is 5.91 Å². The number of carbonyl (C=O) groups is 1. The Kier molecular flexibility index (Phi) is 55.9. The summed E-state index contributed by atoms with van der Waals surface area (Å²) in [5.41, 5.74) is 0. The van der Waals surface area contributed by atoms with Gasteiger partial charge in [-0.05, 0) is 32.1 Å². The molecule has 0 aromatic rings. The predicted molar refractivity (Wildman–Crippen MR) is 388 cm³/mol. The molecule has 578 valence electrons. The fraction of sp³-hybridized carbons (Fsp3) is 0.937. The average molecular weight is 1400 g/mol. The van der Waals surface area contributed by atoms with E-state index in [0.29, 0.717) is 12.8 Å². The topological polar surface area (TPSA) is 307 Å². The third kappa shape index (κ3) is 40.5. The van der Waals surface area contributed by atoms with E-state index in [1.807, 2.05) is 6.08 Å². The van der Waals surface area contributed by atoms with E-state index in [-0.39, 0.29) is 18.9 Å². The molecule has 0 aromatic heterocycles. The summed E-state index contributed by atoms with van der Waals surface area (Å²) in [6, 6.07) is -0.987. The van der Waals surface area contributed by atoms with Gasteiger partial charge in [-0.3, -0.25) is 4.79 Å². The monoisotopic (exact) mass is 1400 g/mol. The van der Waals surface area contributed by atoms with E-state index in [0.717, 1.165) is 38.5 Å². The van der Waals surface area contributed by atoms with Crippen LogP contribution < -0.4 is 5.32 Å². The van der Waals surface area contributed by atoms with Crippen LogP contribution >= 0.6 is 0 Å². The summed E-state index contributed by atoms with van der Waals surface area (Å²) in [5.74, 6) is -0.278. The van der Waals surface area contributed by atoms with Crippen molar-refractivity contribution >= 4 is 5.91 Å². The molecule has 12 N–H and O–H groups in total. The number of hydrogen-bond donors (Lipinski definition) is 12. The molecule has 98 heavy (non-hydrogen) atoms. The largest absolute Gasteiger partial charge is 0.394 e. The van der Waals surface area contributed by atoms with Crippen LogP contribution in [0.5, 0.6) is 0 Å². The number of nitrogens with one attached hydrogen (secondary N) is 1. The molecule has 17 atom stereocenters. The van der Waals surface area contributed by atoms with Gasteiger partial charge in [0.05, 0.1) is 38.6 Å². The van der Waals surface area contributed by atoms with Crippen LogP contribution in [0.2, 0.25) is 0 Å². The van der Waals surface area contributed by atoms with Gasteiger partial charge in [0.15, 0.2) is 18.9 Å². The van der Waals surface area contributed by atoms with Crippen LogP contribution in [0.3, 0.4) is 0 Å². The molecule has 19 nitrogen and oxygen atoms in total. The third-order valence-corrected chi connectivity index (χ3v) is 20.5. The lowest BCUT2D eigenvalue weighted by atomic mass is 9.96. The molecule has 1 amide bonds. The SMILES string of the molecule is CCCCCCCCCCCCC/C=C/CC/C=C/C(O)C(COC1OC(CO)C(OC2OC(CO)C(OC3OC(CO)C(O)C(O)C3O)C(O)C2O)C(O)C1O)NC(=O)CCCCCCCCCCCCCCCCCCCCCCCCCCCCCCCCCCCCCC. The van der Waals surface area contributed by atoms with Crippen LogP contribution in [0.25, 0.3) is 0 Å². The van der Waals surface area contributed by atoms with Crippen molar-refractivity contribution in [3.05, 3.63) is 24.3 Å². The highest BCUT2D eigenvalue weighted by molar-refractivity contribution is 5.76. The van der Waals surface area contributed by atoms with E-state index in [1.165, 1.54) is 270 Å². The van der Waals surface area contributed by atoms with Crippen LogP contribution in [0, 0.1) is 0 Å². The first-order valence-electron chi connectivity index (χ1n) is 40.6. The number of aliphatic hydroxyl groups excluding tert-OH is 11.